The Balaban J connectivity index is 0.000000224. The maximum Gasteiger partial charge on any atom is 0.328 e. The molecule has 0 spiro atoms. The van der Waals surface area contributed by atoms with Crippen LogP contribution in [0.15, 0.2) is 36.4 Å². The standard InChI is InChI=1S/C13H15ClN2.C4H4O4/c1-16-10-5-6-11(16)8-9(7-10)12-3-2-4-13(14)15-12;5-3(6)1-2-4(7)8/h2-4,7,10-11H,5-6,8H2,1H3;1-2H,(H,5,6)(H,7,8)/b;2-1-. The van der Waals surface area contributed by atoms with E-state index in [1.807, 2.05) is 12.1 Å². The van der Waals surface area contributed by atoms with Crippen molar-refractivity contribution < 1.29 is 19.8 Å². The van der Waals surface area contributed by atoms with Crippen molar-refractivity contribution in [2.45, 2.75) is 31.3 Å². The number of nitrogens with zero attached hydrogens (tertiary/aromatic N) is 2. The van der Waals surface area contributed by atoms with Gasteiger partial charge in [0.25, 0.3) is 0 Å². The Morgan fingerprint density at radius 1 is 1.25 bits per heavy atom. The fraction of sp³-hybridized carbons (Fsp3) is 0.353. The first-order valence-corrected chi connectivity index (χ1v) is 7.94. The number of halogens is 1. The van der Waals surface area contributed by atoms with Crippen LogP contribution >= 0.6 is 11.6 Å². The van der Waals surface area contributed by atoms with Gasteiger partial charge in [-0.25, -0.2) is 14.6 Å². The minimum Gasteiger partial charge on any atom is -0.478 e. The van der Waals surface area contributed by atoms with Gasteiger partial charge in [0.1, 0.15) is 5.15 Å². The van der Waals surface area contributed by atoms with Gasteiger partial charge in [0.2, 0.25) is 0 Å². The van der Waals surface area contributed by atoms with Crippen molar-refractivity contribution in [3.8, 4) is 0 Å². The summed E-state index contributed by atoms with van der Waals surface area (Å²) in [6.07, 6.45) is 7.18. The van der Waals surface area contributed by atoms with Gasteiger partial charge < -0.3 is 10.2 Å². The number of hydrogen-bond donors (Lipinski definition) is 2. The zero-order chi connectivity index (χ0) is 17.7. The third kappa shape index (κ3) is 4.91. The summed E-state index contributed by atoms with van der Waals surface area (Å²) < 4.78 is 0. The van der Waals surface area contributed by atoms with E-state index in [9.17, 15) is 9.59 Å². The molecule has 1 fully saturated rings. The molecule has 1 aromatic rings. The van der Waals surface area contributed by atoms with Crippen LogP contribution in [0.4, 0.5) is 0 Å². The molecule has 6 nitrogen and oxygen atoms in total. The van der Waals surface area contributed by atoms with E-state index in [0.717, 1.165) is 12.1 Å². The maximum absolute atomic E-state index is 9.55. The first-order chi connectivity index (χ1) is 11.4. The maximum atomic E-state index is 9.55. The molecule has 128 valence electrons. The molecule has 0 radical (unpaired) electrons. The zero-order valence-electron chi connectivity index (χ0n) is 13.2. The lowest BCUT2D eigenvalue weighted by atomic mass is 9.99. The summed E-state index contributed by atoms with van der Waals surface area (Å²) in [6.45, 7) is 0. The molecule has 2 unspecified atom stereocenters. The van der Waals surface area contributed by atoms with Crippen molar-refractivity contribution in [2.75, 3.05) is 7.05 Å². The van der Waals surface area contributed by atoms with E-state index in [2.05, 4.69) is 29.1 Å². The monoisotopic (exact) mass is 350 g/mol. The second-order valence-electron chi connectivity index (χ2n) is 5.72. The number of rotatable bonds is 3. The number of pyridine rings is 1. The summed E-state index contributed by atoms with van der Waals surface area (Å²) in [5.74, 6) is -2.51. The van der Waals surface area contributed by atoms with Crippen LogP contribution in [0, 0.1) is 0 Å². The molecule has 2 bridgehead atoms. The lowest BCUT2D eigenvalue weighted by Crippen LogP contribution is -2.34. The molecule has 1 aromatic heterocycles. The van der Waals surface area contributed by atoms with Crippen LogP contribution in [0.25, 0.3) is 5.57 Å². The zero-order valence-corrected chi connectivity index (χ0v) is 14.0. The Bertz CT molecular complexity index is 671. The van der Waals surface area contributed by atoms with E-state index in [0.29, 0.717) is 29.4 Å². The molecule has 2 atom stereocenters. The fourth-order valence-corrected chi connectivity index (χ4v) is 3.13. The number of likely N-dealkylation sites (N-methyl/N-ethyl adjacent to an activating group) is 1. The minimum atomic E-state index is -1.26. The number of hydrogen-bond acceptors (Lipinski definition) is 4. The van der Waals surface area contributed by atoms with E-state index in [1.54, 1.807) is 0 Å². The van der Waals surface area contributed by atoms with Crippen molar-refractivity contribution in [1.29, 1.82) is 0 Å². The number of fused-ring (bicyclic) bond motifs is 2. The highest BCUT2D eigenvalue weighted by Gasteiger charge is 2.34. The summed E-state index contributed by atoms with van der Waals surface area (Å²) in [6, 6.07) is 7.17. The first-order valence-electron chi connectivity index (χ1n) is 7.56. The number of carboxylic acids is 2. The smallest absolute Gasteiger partial charge is 0.328 e. The quantitative estimate of drug-likeness (QED) is 0.643. The van der Waals surface area contributed by atoms with Gasteiger partial charge in [-0.2, -0.15) is 0 Å². The molecule has 0 saturated carbocycles. The van der Waals surface area contributed by atoms with Crippen LogP contribution in [0.2, 0.25) is 5.15 Å². The lowest BCUT2D eigenvalue weighted by Gasteiger charge is -2.30. The second kappa shape index (κ2) is 8.08. The van der Waals surface area contributed by atoms with Crippen LogP contribution in [-0.2, 0) is 9.59 Å². The van der Waals surface area contributed by atoms with Gasteiger partial charge >= 0.3 is 11.9 Å². The van der Waals surface area contributed by atoms with Gasteiger partial charge in [-0.1, -0.05) is 23.7 Å². The van der Waals surface area contributed by atoms with Crippen LogP contribution in [-0.4, -0.2) is 51.2 Å². The Morgan fingerprint density at radius 2 is 1.92 bits per heavy atom. The van der Waals surface area contributed by atoms with Gasteiger partial charge in [0, 0.05) is 24.2 Å². The first kappa shape index (κ1) is 18.2. The average Bonchev–Trinajstić information content (AvgIpc) is 2.75. The molecule has 3 heterocycles. The molecular formula is C17H19ClN2O4. The van der Waals surface area contributed by atoms with Crippen molar-refractivity contribution in [3.05, 3.63) is 47.3 Å². The van der Waals surface area contributed by atoms with Crippen LogP contribution in [0.5, 0.6) is 0 Å². The summed E-state index contributed by atoms with van der Waals surface area (Å²) in [7, 11) is 2.22. The van der Waals surface area contributed by atoms with Crippen LogP contribution < -0.4 is 0 Å². The lowest BCUT2D eigenvalue weighted by molar-refractivity contribution is -0.134. The molecule has 1 saturated heterocycles. The molecule has 24 heavy (non-hydrogen) atoms. The number of carboxylic acid groups (broad SMARTS) is 2. The summed E-state index contributed by atoms with van der Waals surface area (Å²) in [5, 5.41) is 16.2. The van der Waals surface area contributed by atoms with Gasteiger partial charge in [-0.15, -0.1) is 0 Å². The molecule has 2 N–H and O–H groups in total. The highest BCUT2D eigenvalue weighted by Crippen LogP contribution is 2.36. The average molecular weight is 351 g/mol. The van der Waals surface area contributed by atoms with Crippen molar-refractivity contribution in [2.24, 2.45) is 0 Å². The van der Waals surface area contributed by atoms with Crippen LogP contribution in [0.1, 0.15) is 25.0 Å². The molecule has 0 aromatic carbocycles. The Kier molecular flexibility index (Phi) is 6.11. The molecule has 0 amide bonds. The summed E-state index contributed by atoms with van der Waals surface area (Å²) >= 11 is 5.93. The van der Waals surface area contributed by atoms with Crippen molar-refractivity contribution in [3.63, 3.8) is 0 Å². The van der Waals surface area contributed by atoms with Gasteiger partial charge in [-0.05, 0) is 44.0 Å². The van der Waals surface area contributed by atoms with E-state index < -0.39 is 11.9 Å². The van der Waals surface area contributed by atoms with Crippen molar-refractivity contribution in [1.82, 2.24) is 9.88 Å². The SMILES string of the molecule is CN1C2C=C(c3cccc(Cl)n3)CC1CC2.O=C(O)/C=C\C(=O)O. The molecule has 3 rings (SSSR count). The minimum absolute atomic E-state index is 0.558. The molecule has 7 heteroatoms. The Hall–Kier alpha value is -2.18. The number of carbonyl (C=O) groups is 2. The number of aromatic nitrogens is 1. The Morgan fingerprint density at radius 3 is 2.46 bits per heavy atom. The van der Waals surface area contributed by atoms with Crippen LogP contribution in [0.3, 0.4) is 0 Å². The third-order valence-corrected chi connectivity index (χ3v) is 4.37. The predicted molar refractivity (Wildman–Crippen MR) is 90.8 cm³/mol. The fourth-order valence-electron chi connectivity index (χ4n) is 2.96. The summed E-state index contributed by atoms with van der Waals surface area (Å²) in [5.41, 5.74) is 2.42. The van der Waals surface area contributed by atoms with E-state index in [4.69, 9.17) is 21.8 Å². The topological polar surface area (TPSA) is 90.7 Å². The van der Waals surface area contributed by atoms with E-state index in [-0.39, 0.29) is 0 Å². The number of aliphatic carboxylic acids is 2. The molecular weight excluding hydrogens is 332 g/mol. The highest BCUT2D eigenvalue weighted by molar-refractivity contribution is 6.29. The molecule has 0 aliphatic carbocycles. The highest BCUT2D eigenvalue weighted by atomic mass is 35.5. The van der Waals surface area contributed by atoms with Gasteiger partial charge in [0.15, 0.2) is 0 Å². The largest absolute Gasteiger partial charge is 0.478 e. The van der Waals surface area contributed by atoms with Crippen molar-refractivity contribution >= 4 is 29.1 Å². The van der Waals surface area contributed by atoms with E-state index >= 15 is 0 Å². The molecule has 2 aliphatic rings. The van der Waals surface area contributed by atoms with E-state index in [1.165, 1.54) is 18.4 Å². The second-order valence-corrected chi connectivity index (χ2v) is 6.10. The normalized spacial score (nSPS) is 22.7. The van der Waals surface area contributed by atoms with Gasteiger partial charge in [0.05, 0.1) is 5.69 Å². The predicted octanol–water partition coefficient (Wildman–Crippen LogP) is 2.70. The molecule has 2 aliphatic heterocycles. The third-order valence-electron chi connectivity index (χ3n) is 4.16. The summed E-state index contributed by atoms with van der Waals surface area (Å²) in [4.78, 5) is 26.0. The van der Waals surface area contributed by atoms with Gasteiger partial charge in [-0.3, -0.25) is 4.90 Å². The Labute approximate surface area is 145 Å².